The number of hydrogen-bond acceptors (Lipinski definition) is 4. The SMILES string of the molecule is C[C@H](O)[C@H]1C[C@@H](O)[C@@H](O)[C@H]1O. The summed E-state index contributed by atoms with van der Waals surface area (Å²) in [6.07, 6.45) is -3.42. The highest BCUT2D eigenvalue weighted by Gasteiger charge is 2.42. The average molecular weight is 162 g/mol. The first-order chi connectivity index (χ1) is 5.04. The average Bonchev–Trinajstić information content (AvgIpc) is 2.17. The molecule has 1 fully saturated rings. The van der Waals surface area contributed by atoms with Crippen LogP contribution in [0.4, 0.5) is 0 Å². The van der Waals surface area contributed by atoms with Crippen LogP contribution in [-0.2, 0) is 0 Å². The van der Waals surface area contributed by atoms with E-state index in [2.05, 4.69) is 0 Å². The second-order valence-corrected chi connectivity index (χ2v) is 3.19. The molecule has 0 unspecified atom stereocenters. The van der Waals surface area contributed by atoms with Gasteiger partial charge in [-0.1, -0.05) is 0 Å². The molecule has 4 heteroatoms. The van der Waals surface area contributed by atoms with Crippen molar-refractivity contribution < 1.29 is 20.4 Å². The molecule has 0 bridgehead atoms. The van der Waals surface area contributed by atoms with Gasteiger partial charge in [0.05, 0.1) is 18.3 Å². The predicted molar refractivity (Wildman–Crippen MR) is 37.8 cm³/mol. The quantitative estimate of drug-likeness (QED) is 0.377. The van der Waals surface area contributed by atoms with Crippen LogP contribution in [0.3, 0.4) is 0 Å². The van der Waals surface area contributed by atoms with Gasteiger partial charge in [0.15, 0.2) is 0 Å². The first-order valence-corrected chi connectivity index (χ1v) is 3.76. The van der Waals surface area contributed by atoms with Crippen LogP contribution in [0.5, 0.6) is 0 Å². The molecule has 0 saturated heterocycles. The van der Waals surface area contributed by atoms with Gasteiger partial charge in [0.2, 0.25) is 0 Å². The lowest BCUT2D eigenvalue weighted by molar-refractivity contribution is -0.0389. The smallest absolute Gasteiger partial charge is 0.106 e. The first kappa shape index (κ1) is 8.93. The van der Waals surface area contributed by atoms with Gasteiger partial charge >= 0.3 is 0 Å². The Morgan fingerprint density at radius 1 is 1.18 bits per heavy atom. The summed E-state index contributed by atoms with van der Waals surface area (Å²) in [4.78, 5) is 0. The lowest BCUT2D eigenvalue weighted by Crippen LogP contribution is -2.33. The van der Waals surface area contributed by atoms with Crippen LogP contribution in [0.2, 0.25) is 0 Å². The standard InChI is InChI=1S/C7H14O4/c1-3(8)4-2-5(9)7(11)6(4)10/h3-11H,2H2,1H3/t3-,4+,5+,6-,7+/m0/s1. The van der Waals surface area contributed by atoms with E-state index < -0.39 is 30.3 Å². The molecule has 0 spiro atoms. The van der Waals surface area contributed by atoms with Gasteiger partial charge in [-0.15, -0.1) is 0 Å². The minimum absolute atomic E-state index is 0.264. The summed E-state index contributed by atoms with van der Waals surface area (Å²) in [5, 5.41) is 36.4. The number of aliphatic hydroxyl groups excluding tert-OH is 4. The zero-order valence-corrected chi connectivity index (χ0v) is 6.38. The molecule has 1 aliphatic rings. The highest BCUT2D eigenvalue weighted by Crippen LogP contribution is 2.28. The Labute approximate surface area is 65.1 Å². The zero-order chi connectivity index (χ0) is 8.59. The topological polar surface area (TPSA) is 80.9 Å². The van der Waals surface area contributed by atoms with Crippen LogP contribution in [0.15, 0.2) is 0 Å². The molecule has 0 amide bonds. The Bertz CT molecular complexity index is 136. The van der Waals surface area contributed by atoms with Crippen molar-refractivity contribution in [3.63, 3.8) is 0 Å². The minimum Gasteiger partial charge on any atom is -0.393 e. The van der Waals surface area contributed by atoms with E-state index in [9.17, 15) is 5.11 Å². The molecule has 1 saturated carbocycles. The molecule has 1 rings (SSSR count). The van der Waals surface area contributed by atoms with E-state index in [0.29, 0.717) is 0 Å². The molecule has 5 atom stereocenters. The van der Waals surface area contributed by atoms with Crippen LogP contribution in [-0.4, -0.2) is 44.8 Å². The second kappa shape index (κ2) is 3.06. The monoisotopic (exact) mass is 162 g/mol. The molecular weight excluding hydrogens is 148 g/mol. The molecule has 4 N–H and O–H groups in total. The van der Waals surface area contributed by atoms with Crippen LogP contribution in [0.25, 0.3) is 0 Å². The van der Waals surface area contributed by atoms with Gasteiger partial charge in [-0.3, -0.25) is 0 Å². The first-order valence-electron chi connectivity index (χ1n) is 3.76. The van der Waals surface area contributed by atoms with Gasteiger partial charge in [0.25, 0.3) is 0 Å². The fourth-order valence-corrected chi connectivity index (χ4v) is 1.52. The van der Waals surface area contributed by atoms with E-state index in [0.717, 1.165) is 0 Å². The largest absolute Gasteiger partial charge is 0.393 e. The van der Waals surface area contributed by atoms with Crippen LogP contribution in [0.1, 0.15) is 13.3 Å². The van der Waals surface area contributed by atoms with Gasteiger partial charge < -0.3 is 20.4 Å². The van der Waals surface area contributed by atoms with Crippen molar-refractivity contribution in [2.75, 3.05) is 0 Å². The second-order valence-electron chi connectivity index (χ2n) is 3.19. The Morgan fingerprint density at radius 2 is 1.73 bits per heavy atom. The molecule has 0 heterocycles. The van der Waals surface area contributed by atoms with Gasteiger partial charge in [-0.2, -0.15) is 0 Å². The number of hydrogen-bond donors (Lipinski definition) is 4. The number of rotatable bonds is 1. The third-order valence-electron chi connectivity index (χ3n) is 2.32. The molecule has 11 heavy (non-hydrogen) atoms. The van der Waals surface area contributed by atoms with Crippen LogP contribution < -0.4 is 0 Å². The summed E-state index contributed by atoms with van der Waals surface area (Å²) < 4.78 is 0. The highest BCUT2D eigenvalue weighted by atomic mass is 16.4. The van der Waals surface area contributed by atoms with Crippen molar-refractivity contribution in [3.05, 3.63) is 0 Å². The van der Waals surface area contributed by atoms with Crippen molar-refractivity contribution in [1.29, 1.82) is 0 Å². The third-order valence-corrected chi connectivity index (χ3v) is 2.32. The van der Waals surface area contributed by atoms with Gasteiger partial charge in [0, 0.05) is 5.92 Å². The minimum atomic E-state index is -1.10. The van der Waals surface area contributed by atoms with Crippen LogP contribution >= 0.6 is 0 Å². The molecule has 0 aromatic heterocycles. The molecule has 0 aromatic rings. The summed E-state index contributed by atoms with van der Waals surface area (Å²) in [6, 6.07) is 0. The lowest BCUT2D eigenvalue weighted by atomic mass is 10.00. The van der Waals surface area contributed by atoms with Crippen molar-refractivity contribution in [2.45, 2.75) is 37.8 Å². The summed E-state index contributed by atoms with van der Waals surface area (Å²) >= 11 is 0. The molecular formula is C7H14O4. The molecule has 0 radical (unpaired) electrons. The maximum absolute atomic E-state index is 9.23. The third kappa shape index (κ3) is 1.54. The molecule has 4 nitrogen and oxygen atoms in total. The Hall–Kier alpha value is -0.160. The van der Waals surface area contributed by atoms with Crippen molar-refractivity contribution >= 4 is 0 Å². The summed E-state index contributed by atoms with van der Waals surface area (Å²) in [5.74, 6) is -0.403. The van der Waals surface area contributed by atoms with E-state index in [1.807, 2.05) is 0 Å². The Morgan fingerprint density at radius 3 is 1.91 bits per heavy atom. The maximum Gasteiger partial charge on any atom is 0.106 e. The maximum atomic E-state index is 9.23. The van der Waals surface area contributed by atoms with Crippen molar-refractivity contribution in [2.24, 2.45) is 5.92 Å². The summed E-state index contributed by atoms with van der Waals surface area (Å²) in [6.45, 7) is 1.54. The highest BCUT2D eigenvalue weighted by molar-refractivity contribution is 4.92. The predicted octanol–water partition coefficient (Wildman–Crippen LogP) is -1.53. The number of aliphatic hydroxyl groups is 4. The fraction of sp³-hybridized carbons (Fsp3) is 1.00. The van der Waals surface area contributed by atoms with Gasteiger partial charge in [0.1, 0.15) is 6.10 Å². The molecule has 0 aliphatic heterocycles. The fourth-order valence-electron chi connectivity index (χ4n) is 1.52. The van der Waals surface area contributed by atoms with Crippen LogP contribution in [0, 0.1) is 5.92 Å². The van der Waals surface area contributed by atoms with E-state index in [1.54, 1.807) is 6.92 Å². The molecule has 0 aromatic carbocycles. The Balaban J connectivity index is 2.59. The summed E-state index contributed by atoms with van der Waals surface area (Å²) in [7, 11) is 0. The van der Waals surface area contributed by atoms with E-state index in [4.69, 9.17) is 15.3 Å². The normalized spacial score (nSPS) is 47.7. The molecule has 1 aliphatic carbocycles. The van der Waals surface area contributed by atoms with Gasteiger partial charge in [-0.25, -0.2) is 0 Å². The lowest BCUT2D eigenvalue weighted by Gasteiger charge is -2.17. The van der Waals surface area contributed by atoms with E-state index >= 15 is 0 Å². The molecule has 66 valence electrons. The summed E-state index contributed by atoms with van der Waals surface area (Å²) in [5.41, 5.74) is 0. The van der Waals surface area contributed by atoms with Gasteiger partial charge in [-0.05, 0) is 13.3 Å². The van der Waals surface area contributed by atoms with Crippen molar-refractivity contribution in [3.8, 4) is 0 Å². The Kier molecular flexibility index (Phi) is 2.49. The van der Waals surface area contributed by atoms with Crippen molar-refractivity contribution in [1.82, 2.24) is 0 Å². The zero-order valence-electron chi connectivity index (χ0n) is 6.38. The van der Waals surface area contributed by atoms with E-state index in [-0.39, 0.29) is 6.42 Å². The van der Waals surface area contributed by atoms with E-state index in [1.165, 1.54) is 0 Å².